The molecule has 0 bridgehead atoms. The molecule has 1 saturated carbocycles. The van der Waals surface area contributed by atoms with Crippen LogP contribution in [0.3, 0.4) is 0 Å². The second-order valence-electron chi connectivity index (χ2n) is 13.3. The van der Waals surface area contributed by atoms with E-state index in [1.807, 2.05) is 50.1 Å². The van der Waals surface area contributed by atoms with Crippen molar-refractivity contribution in [3.8, 4) is 17.3 Å². The summed E-state index contributed by atoms with van der Waals surface area (Å²) < 4.78 is 7.45. The summed E-state index contributed by atoms with van der Waals surface area (Å²) in [6.07, 6.45) is 2.87. The van der Waals surface area contributed by atoms with Crippen molar-refractivity contribution in [2.45, 2.75) is 51.2 Å². The van der Waals surface area contributed by atoms with Gasteiger partial charge in [0, 0.05) is 70.3 Å². The number of anilines is 3. The molecule has 0 atom stereocenters. The van der Waals surface area contributed by atoms with E-state index >= 15 is 0 Å². The molecule has 1 amide bonds. The molecule has 45 heavy (non-hydrogen) atoms. The van der Waals surface area contributed by atoms with Gasteiger partial charge in [0.2, 0.25) is 0 Å². The molecule has 3 saturated heterocycles. The summed E-state index contributed by atoms with van der Waals surface area (Å²) >= 11 is 1.39. The van der Waals surface area contributed by atoms with Crippen LogP contribution in [0.1, 0.15) is 47.9 Å². The normalized spacial score (nSPS) is 20.2. The Morgan fingerprint density at radius 1 is 1.11 bits per heavy atom. The number of likely N-dealkylation sites (tertiary alicyclic amines) is 1. The Morgan fingerprint density at radius 3 is 2.49 bits per heavy atom. The summed E-state index contributed by atoms with van der Waals surface area (Å²) in [4.78, 5) is 29.8. The molecular weight excluding hydrogens is 588 g/mol. The maximum atomic E-state index is 13.1. The summed E-state index contributed by atoms with van der Waals surface area (Å²) in [7, 11) is 2.00. The number of aliphatic hydroxyl groups is 1. The number of nitrogens with zero attached hydrogens (tertiary/aromatic N) is 8. The molecular formula is C33H36N8O3S. The Morgan fingerprint density at radius 2 is 1.82 bits per heavy atom. The van der Waals surface area contributed by atoms with E-state index in [-0.39, 0.29) is 11.3 Å². The molecule has 3 aromatic heterocycles. The van der Waals surface area contributed by atoms with Crippen LogP contribution in [0.5, 0.6) is 0 Å². The van der Waals surface area contributed by atoms with E-state index in [1.165, 1.54) is 11.3 Å². The SMILES string of the molecule is Cc1ccc(-c2nc(N(C)c3c4cc(N5CC6(CN(C(=O)C7(O)CCOCC7)C6)C5)c(C)nc4nn3C3CC3)sc2C#N)cc1. The van der Waals surface area contributed by atoms with E-state index in [2.05, 4.69) is 26.6 Å². The molecule has 1 aliphatic carbocycles. The van der Waals surface area contributed by atoms with Crippen molar-refractivity contribution in [2.24, 2.45) is 5.41 Å². The first-order chi connectivity index (χ1) is 21.7. The lowest BCUT2D eigenvalue weighted by atomic mass is 9.71. The Labute approximate surface area is 265 Å². The predicted octanol–water partition coefficient (Wildman–Crippen LogP) is 4.34. The zero-order valence-electron chi connectivity index (χ0n) is 25.8. The second-order valence-corrected chi connectivity index (χ2v) is 14.3. The first-order valence-corrected chi connectivity index (χ1v) is 16.4. The lowest BCUT2D eigenvalue weighted by molar-refractivity contribution is -0.174. The number of rotatable bonds is 6. The molecule has 4 aromatic rings. The third-order valence-electron chi connectivity index (χ3n) is 9.82. The second kappa shape index (κ2) is 10.2. The molecule has 4 fully saturated rings. The van der Waals surface area contributed by atoms with Crippen molar-refractivity contribution in [3.05, 3.63) is 46.5 Å². The van der Waals surface area contributed by atoms with E-state index in [0.717, 1.165) is 64.8 Å². The Balaban J connectivity index is 1.07. The average molecular weight is 625 g/mol. The summed E-state index contributed by atoms with van der Waals surface area (Å²) in [5.74, 6) is 0.789. The molecule has 1 N–H and O–H groups in total. The number of benzene rings is 1. The molecule has 232 valence electrons. The number of carbonyl (C=O) groups excluding carboxylic acids is 1. The standard InChI is InChI=1S/C33H36N8O3S/c1-20-4-6-22(7-5-20)27-26(15-34)45-31(36-27)38(3)29-24-14-25(21(2)35-28(24)37-41(29)23-8-9-23)39-16-32(17-39)18-40(19-32)30(42)33(43)10-12-44-13-11-33/h4-7,14,23,43H,8-13,16-19H2,1-3H3. The number of amides is 1. The van der Waals surface area contributed by atoms with Crippen molar-refractivity contribution in [1.29, 1.82) is 5.26 Å². The molecule has 6 heterocycles. The van der Waals surface area contributed by atoms with Crippen LogP contribution in [0.4, 0.5) is 16.6 Å². The van der Waals surface area contributed by atoms with Crippen LogP contribution in [0, 0.1) is 30.6 Å². The third-order valence-corrected chi connectivity index (χ3v) is 10.9. The minimum atomic E-state index is -1.29. The quantitative estimate of drug-likeness (QED) is 0.334. The van der Waals surface area contributed by atoms with Gasteiger partial charge in [-0.25, -0.2) is 14.6 Å². The van der Waals surface area contributed by atoms with Crippen molar-refractivity contribution in [3.63, 3.8) is 0 Å². The highest BCUT2D eigenvalue weighted by molar-refractivity contribution is 7.16. The van der Waals surface area contributed by atoms with Crippen LogP contribution in [0.2, 0.25) is 0 Å². The van der Waals surface area contributed by atoms with Crippen LogP contribution in [-0.2, 0) is 9.53 Å². The number of ether oxygens (including phenoxy) is 1. The summed E-state index contributed by atoms with van der Waals surface area (Å²) in [5, 5.41) is 27.5. The Bertz CT molecular complexity index is 1850. The average Bonchev–Trinajstić information content (AvgIpc) is 3.64. The summed E-state index contributed by atoms with van der Waals surface area (Å²) in [5.41, 5.74) is 4.26. The summed E-state index contributed by atoms with van der Waals surface area (Å²) in [6, 6.07) is 13.0. The van der Waals surface area contributed by atoms with Gasteiger partial charge in [-0.05, 0) is 32.8 Å². The van der Waals surface area contributed by atoms with Crippen LogP contribution in [0.15, 0.2) is 30.3 Å². The van der Waals surface area contributed by atoms with Gasteiger partial charge in [0.25, 0.3) is 5.91 Å². The highest BCUT2D eigenvalue weighted by atomic mass is 32.1. The molecule has 1 spiro atoms. The predicted molar refractivity (Wildman–Crippen MR) is 172 cm³/mol. The highest BCUT2D eigenvalue weighted by Crippen LogP contribution is 2.47. The van der Waals surface area contributed by atoms with Crippen molar-refractivity contribution in [1.82, 2.24) is 24.6 Å². The fourth-order valence-electron chi connectivity index (χ4n) is 7.11. The first kappa shape index (κ1) is 28.4. The monoisotopic (exact) mass is 624 g/mol. The lowest BCUT2D eigenvalue weighted by Crippen LogP contribution is -2.75. The number of nitriles is 1. The van der Waals surface area contributed by atoms with Gasteiger partial charge >= 0.3 is 0 Å². The van der Waals surface area contributed by atoms with Crippen LogP contribution < -0.4 is 9.80 Å². The van der Waals surface area contributed by atoms with Crippen molar-refractivity contribution < 1.29 is 14.6 Å². The molecule has 0 radical (unpaired) electrons. The number of fused-ring (bicyclic) bond motifs is 1. The Hall–Kier alpha value is -4.05. The number of aromatic nitrogens is 4. The number of carbonyl (C=O) groups is 1. The first-order valence-electron chi connectivity index (χ1n) is 15.6. The smallest absolute Gasteiger partial charge is 0.254 e. The molecule has 8 rings (SSSR count). The van der Waals surface area contributed by atoms with Gasteiger partial charge in [0.15, 0.2) is 10.8 Å². The number of thiazole rings is 1. The molecule has 4 aliphatic rings. The minimum Gasteiger partial charge on any atom is -0.381 e. The van der Waals surface area contributed by atoms with E-state index in [1.54, 1.807) is 0 Å². The topological polar surface area (TPSA) is 124 Å². The van der Waals surface area contributed by atoms with E-state index < -0.39 is 5.60 Å². The van der Waals surface area contributed by atoms with Crippen LogP contribution in [-0.4, -0.2) is 87.7 Å². The molecule has 1 aromatic carbocycles. The number of pyridine rings is 1. The van der Waals surface area contributed by atoms with Gasteiger partial charge < -0.3 is 24.5 Å². The molecule has 0 unspecified atom stereocenters. The van der Waals surface area contributed by atoms with Crippen molar-refractivity contribution >= 4 is 44.9 Å². The van der Waals surface area contributed by atoms with Gasteiger partial charge in [-0.3, -0.25) is 4.79 Å². The number of hydrogen-bond donors (Lipinski definition) is 1. The third kappa shape index (κ3) is 4.67. The fraction of sp³-hybridized carbons (Fsp3) is 0.485. The zero-order chi connectivity index (χ0) is 31.1. The lowest BCUT2D eigenvalue weighted by Gasteiger charge is -2.61. The molecule has 12 heteroatoms. The maximum Gasteiger partial charge on any atom is 0.254 e. The fourth-order valence-corrected chi connectivity index (χ4v) is 7.96. The summed E-state index contributed by atoms with van der Waals surface area (Å²) in [6.45, 7) is 7.95. The van der Waals surface area contributed by atoms with Gasteiger partial charge in [-0.2, -0.15) is 10.4 Å². The van der Waals surface area contributed by atoms with Gasteiger partial charge in [-0.15, -0.1) is 0 Å². The zero-order valence-corrected chi connectivity index (χ0v) is 26.6. The molecule has 11 nitrogen and oxygen atoms in total. The van der Waals surface area contributed by atoms with Gasteiger partial charge in [0.05, 0.1) is 22.8 Å². The van der Waals surface area contributed by atoms with E-state index in [0.29, 0.717) is 61.4 Å². The number of aryl methyl sites for hydroxylation is 2. The number of hydrogen-bond acceptors (Lipinski definition) is 10. The van der Waals surface area contributed by atoms with Crippen molar-refractivity contribution in [2.75, 3.05) is 56.2 Å². The molecule has 3 aliphatic heterocycles. The van der Waals surface area contributed by atoms with Crippen LogP contribution in [0.25, 0.3) is 22.3 Å². The Kier molecular flexibility index (Phi) is 6.47. The maximum absolute atomic E-state index is 13.1. The van der Waals surface area contributed by atoms with E-state index in [9.17, 15) is 15.2 Å². The van der Waals surface area contributed by atoms with E-state index in [4.69, 9.17) is 19.8 Å². The minimum absolute atomic E-state index is 0.0529. The highest BCUT2D eigenvalue weighted by Gasteiger charge is 2.56. The van der Waals surface area contributed by atoms with Gasteiger partial charge in [-0.1, -0.05) is 41.2 Å². The van der Waals surface area contributed by atoms with Crippen LogP contribution >= 0.6 is 11.3 Å². The largest absolute Gasteiger partial charge is 0.381 e. The van der Waals surface area contributed by atoms with Gasteiger partial charge in [0.1, 0.15) is 28.1 Å².